The summed E-state index contributed by atoms with van der Waals surface area (Å²) >= 11 is 0. The fraction of sp³-hybridized carbons (Fsp3) is 0.280. The highest BCUT2D eigenvalue weighted by Crippen LogP contribution is 2.38. The molecule has 0 amide bonds. The number of nitrogens with zero attached hydrogens (tertiary/aromatic N) is 3. The first-order valence-corrected chi connectivity index (χ1v) is 12.3. The number of benzene rings is 1. The Hall–Kier alpha value is -3.23. The van der Waals surface area contributed by atoms with Gasteiger partial charge in [-0.3, -0.25) is 4.79 Å². The van der Waals surface area contributed by atoms with Crippen LogP contribution in [-0.2, 0) is 16.4 Å². The highest BCUT2D eigenvalue weighted by molar-refractivity contribution is 7.90. The van der Waals surface area contributed by atoms with Gasteiger partial charge in [-0.25, -0.2) is 17.4 Å². The van der Waals surface area contributed by atoms with Gasteiger partial charge in [-0.1, -0.05) is 23.8 Å². The summed E-state index contributed by atoms with van der Waals surface area (Å²) in [6, 6.07) is 12.4. The minimum atomic E-state index is -3.86. The molecular formula is C25H25N3O4S. The van der Waals surface area contributed by atoms with E-state index < -0.39 is 22.0 Å². The van der Waals surface area contributed by atoms with Crippen molar-refractivity contribution in [3.8, 4) is 0 Å². The van der Waals surface area contributed by atoms with Gasteiger partial charge in [-0.15, -0.1) is 0 Å². The summed E-state index contributed by atoms with van der Waals surface area (Å²) in [6.45, 7) is 5.50. The van der Waals surface area contributed by atoms with Gasteiger partial charge in [0.2, 0.25) is 0 Å². The number of aliphatic hydroxyl groups excluding tert-OH is 1. The molecule has 0 bridgehead atoms. The van der Waals surface area contributed by atoms with E-state index in [0.29, 0.717) is 24.2 Å². The molecule has 0 spiro atoms. The van der Waals surface area contributed by atoms with Gasteiger partial charge in [-0.2, -0.15) is 0 Å². The van der Waals surface area contributed by atoms with Crippen molar-refractivity contribution in [1.29, 1.82) is 0 Å². The Balaban J connectivity index is 1.51. The van der Waals surface area contributed by atoms with Crippen LogP contribution in [0.3, 0.4) is 0 Å². The fourth-order valence-electron chi connectivity index (χ4n) is 4.86. The summed E-state index contributed by atoms with van der Waals surface area (Å²) in [7, 11) is -3.86. The van der Waals surface area contributed by atoms with E-state index in [2.05, 4.69) is 4.98 Å². The number of imidazole rings is 1. The van der Waals surface area contributed by atoms with E-state index in [4.69, 9.17) is 0 Å². The Kier molecular flexibility index (Phi) is 5.02. The number of carbonyl (C=O) groups excluding carboxylic acids is 1. The molecule has 7 nitrogen and oxygen atoms in total. The largest absolute Gasteiger partial charge is 0.386 e. The maximum atomic E-state index is 13.5. The van der Waals surface area contributed by atoms with E-state index in [1.165, 1.54) is 6.33 Å². The monoisotopic (exact) mass is 463 g/mol. The van der Waals surface area contributed by atoms with E-state index >= 15 is 0 Å². The average molecular weight is 464 g/mol. The molecule has 1 aliphatic rings. The average Bonchev–Trinajstić information content (AvgIpc) is 3.33. The van der Waals surface area contributed by atoms with Gasteiger partial charge >= 0.3 is 0 Å². The highest BCUT2D eigenvalue weighted by Gasteiger charge is 2.38. The molecule has 4 aromatic rings. The maximum absolute atomic E-state index is 13.5. The van der Waals surface area contributed by atoms with Crippen LogP contribution in [0.2, 0.25) is 0 Å². The van der Waals surface area contributed by atoms with Crippen LogP contribution in [-0.4, -0.2) is 32.7 Å². The first-order chi connectivity index (χ1) is 15.7. The molecule has 33 heavy (non-hydrogen) atoms. The Labute approximate surface area is 192 Å². The predicted octanol–water partition coefficient (Wildman–Crippen LogP) is 3.78. The van der Waals surface area contributed by atoms with Crippen LogP contribution >= 0.6 is 0 Å². The van der Waals surface area contributed by atoms with Crippen molar-refractivity contribution in [2.75, 3.05) is 0 Å². The van der Waals surface area contributed by atoms with Crippen LogP contribution in [0.25, 0.3) is 5.52 Å². The lowest BCUT2D eigenvalue weighted by Gasteiger charge is -2.26. The number of hydrogen-bond donors (Lipinski definition) is 1. The zero-order chi connectivity index (χ0) is 23.5. The number of ketones is 1. The summed E-state index contributed by atoms with van der Waals surface area (Å²) in [4.78, 5) is 17.9. The van der Waals surface area contributed by atoms with Crippen molar-refractivity contribution in [3.05, 3.63) is 88.8 Å². The van der Waals surface area contributed by atoms with E-state index in [-0.39, 0.29) is 16.4 Å². The van der Waals surface area contributed by atoms with E-state index in [9.17, 15) is 18.3 Å². The first-order valence-electron chi connectivity index (χ1n) is 10.9. The topological polar surface area (TPSA) is 93.7 Å². The molecule has 0 saturated heterocycles. The van der Waals surface area contributed by atoms with E-state index in [0.717, 1.165) is 26.2 Å². The van der Waals surface area contributed by atoms with Gasteiger partial charge in [-0.05, 0) is 69.0 Å². The number of hydrogen-bond acceptors (Lipinski definition) is 5. The number of fused-ring (bicyclic) bond motifs is 3. The zero-order valence-corrected chi connectivity index (χ0v) is 19.5. The van der Waals surface area contributed by atoms with Gasteiger partial charge in [0.1, 0.15) is 12.4 Å². The van der Waals surface area contributed by atoms with Crippen LogP contribution in [0.1, 0.15) is 51.1 Å². The molecule has 1 N–H and O–H groups in total. The smallest absolute Gasteiger partial charge is 0.269 e. The van der Waals surface area contributed by atoms with Crippen LogP contribution in [0.4, 0.5) is 0 Å². The molecule has 5 rings (SSSR count). The number of aromatic nitrogens is 3. The molecule has 170 valence electrons. The second-order valence-electron chi connectivity index (χ2n) is 8.69. The van der Waals surface area contributed by atoms with E-state index in [1.807, 2.05) is 42.6 Å². The molecular weight excluding hydrogens is 438 g/mol. The number of rotatable bonds is 4. The number of carbonyl (C=O) groups is 1. The quantitative estimate of drug-likeness (QED) is 0.497. The minimum absolute atomic E-state index is 0.142. The van der Waals surface area contributed by atoms with Crippen molar-refractivity contribution >= 4 is 21.3 Å². The lowest BCUT2D eigenvalue weighted by molar-refractivity contribution is 0.0617. The molecule has 0 aliphatic heterocycles. The standard InChI is InChI=1S/C25H25N3O4S/c1-15-7-9-18(10-8-15)33(31,32)28-14-26-22(17(28)3)24(29)20-12-11-19-16(2)21-6-4-5-13-27(21)23(19)25(20)30/h4-10,13-14,20,24,29H,11-12H2,1-3H3. The molecule has 3 heterocycles. The molecule has 0 saturated carbocycles. The van der Waals surface area contributed by atoms with Gasteiger partial charge in [0.25, 0.3) is 10.0 Å². The lowest BCUT2D eigenvalue weighted by Crippen LogP contribution is -2.29. The van der Waals surface area contributed by atoms with Crippen molar-refractivity contribution in [3.63, 3.8) is 0 Å². The summed E-state index contributed by atoms with van der Waals surface area (Å²) < 4.78 is 29.2. The minimum Gasteiger partial charge on any atom is -0.386 e. The highest BCUT2D eigenvalue weighted by atomic mass is 32.2. The summed E-state index contributed by atoms with van der Waals surface area (Å²) in [5, 5.41) is 11.2. The molecule has 1 aromatic carbocycles. The Bertz CT molecular complexity index is 1500. The zero-order valence-electron chi connectivity index (χ0n) is 18.7. The number of aryl methyl sites for hydroxylation is 2. The third kappa shape index (κ3) is 3.24. The Morgan fingerprint density at radius 1 is 1.09 bits per heavy atom. The Morgan fingerprint density at radius 2 is 1.82 bits per heavy atom. The van der Waals surface area contributed by atoms with Gasteiger partial charge in [0, 0.05) is 11.7 Å². The molecule has 0 radical (unpaired) electrons. The number of aliphatic hydroxyl groups is 1. The third-order valence-electron chi connectivity index (χ3n) is 6.74. The fourth-order valence-corrected chi connectivity index (χ4v) is 6.19. The SMILES string of the molecule is Cc1ccc(S(=O)(=O)n2cnc(C(O)C3CCc4c(C)c5ccccn5c4C3=O)c2C)cc1. The first kappa shape index (κ1) is 21.6. The molecule has 8 heteroatoms. The normalized spacial score (nSPS) is 17.3. The third-order valence-corrected chi connectivity index (χ3v) is 8.49. The van der Waals surface area contributed by atoms with E-state index in [1.54, 1.807) is 31.2 Å². The second-order valence-corrected chi connectivity index (χ2v) is 10.5. The molecule has 1 aliphatic carbocycles. The second kappa shape index (κ2) is 7.67. The summed E-state index contributed by atoms with van der Waals surface area (Å²) in [5.41, 5.74) is 5.15. The van der Waals surface area contributed by atoms with Gasteiger partial charge in [0.05, 0.1) is 27.9 Å². The maximum Gasteiger partial charge on any atom is 0.269 e. The lowest BCUT2D eigenvalue weighted by atomic mass is 9.81. The van der Waals surface area contributed by atoms with Crippen LogP contribution < -0.4 is 0 Å². The number of pyridine rings is 1. The summed E-state index contributed by atoms with van der Waals surface area (Å²) in [6.07, 6.45) is 3.01. The van der Waals surface area contributed by atoms with Crippen molar-refractivity contribution in [2.24, 2.45) is 5.92 Å². The Morgan fingerprint density at radius 3 is 2.55 bits per heavy atom. The van der Waals surface area contributed by atoms with Crippen LogP contribution in [0, 0.1) is 26.7 Å². The summed E-state index contributed by atoms with van der Waals surface area (Å²) in [5.74, 6) is -0.840. The molecule has 3 aromatic heterocycles. The van der Waals surface area contributed by atoms with Crippen molar-refractivity contribution in [1.82, 2.24) is 13.4 Å². The van der Waals surface area contributed by atoms with Crippen LogP contribution in [0.5, 0.6) is 0 Å². The molecule has 2 unspecified atom stereocenters. The predicted molar refractivity (Wildman–Crippen MR) is 124 cm³/mol. The van der Waals surface area contributed by atoms with Crippen molar-refractivity contribution < 1.29 is 18.3 Å². The molecule has 0 fully saturated rings. The number of Topliss-reactive ketones (excluding diaryl/α,β-unsaturated/α-hetero) is 1. The van der Waals surface area contributed by atoms with Gasteiger partial charge in [0.15, 0.2) is 5.78 Å². The van der Waals surface area contributed by atoms with Crippen molar-refractivity contribution in [2.45, 2.75) is 44.6 Å². The molecule has 2 atom stereocenters. The van der Waals surface area contributed by atoms with Gasteiger partial charge < -0.3 is 9.51 Å². The van der Waals surface area contributed by atoms with Crippen LogP contribution in [0.15, 0.2) is 59.9 Å².